The molecule has 3 heterocycles. The first-order chi connectivity index (χ1) is 21.2. The van der Waals surface area contributed by atoms with Crippen LogP contribution in [0.1, 0.15) is 48.9 Å². The molecule has 2 fully saturated rings. The Labute approximate surface area is 255 Å². The number of nitro groups is 1. The lowest BCUT2D eigenvalue weighted by Gasteiger charge is -2.39. The van der Waals surface area contributed by atoms with Gasteiger partial charge in [-0.1, -0.05) is 24.3 Å². The molecule has 1 aliphatic carbocycles. The quantitative estimate of drug-likeness (QED) is 0.251. The van der Waals surface area contributed by atoms with Gasteiger partial charge in [-0.3, -0.25) is 14.9 Å². The Kier molecular flexibility index (Phi) is 9.14. The number of hydrogen-bond acceptors (Lipinski definition) is 11. The highest BCUT2D eigenvalue weighted by Gasteiger charge is 2.47. The summed E-state index contributed by atoms with van der Waals surface area (Å²) in [6.45, 7) is 1.37. The van der Waals surface area contributed by atoms with Gasteiger partial charge < -0.3 is 29.3 Å². The van der Waals surface area contributed by atoms with Gasteiger partial charge in [-0.25, -0.2) is 4.79 Å². The fourth-order valence-electron chi connectivity index (χ4n) is 6.87. The standard InChI is InChI=1S/C30H37N7O7/c1-34-14-6-9-22(34)19-44-28-32-24(17-30(27(38)43-2)12-5-8-20-7-3-4-10-23(20)30)25(37(41)42)26(33-28)35-15-16-36(29(39)40)21(18-35)11-13-31/h3-4,7,10,21-22H,5-6,8-9,11-12,14-19H2,1-2H3,(H,39,40)/t21-,22?,30?/m0/s1. The average molecular weight is 608 g/mol. The van der Waals surface area contributed by atoms with Gasteiger partial charge in [0.15, 0.2) is 0 Å². The molecule has 14 nitrogen and oxygen atoms in total. The third kappa shape index (κ3) is 5.96. The van der Waals surface area contributed by atoms with Gasteiger partial charge >= 0.3 is 23.8 Å². The van der Waals surface area contributed by atoms with Crippen molar-refractivity contribution >= 4 is 23.6 Å². The lowest BCUT2D eigenvalue weighted by molar-refractivity contribution is -0.385. The summed E-state index contributed by atoms with van der Waals surface area (Å²) in [6, 6.07) is 8.94. The highest BCUT2D eigenvalue weighted by atomic mass is 16.6. The number of likely N-dealkylation sites (tertiary alicyclic amines) is 1. The highest BCUT2D eigenvalue weighted by Crippen LogP contribution is 2.44. The number of fused-ring (bicyclic) bond motifs is 1. The van der Waals surface area contributed by atoms with Gasteiger partial charge in [-0.05, 0) is 56.8 Å². The van der Waals surface area contributed by atoms with E-state index in [0.717, 1.165) is 36.9 Å². The number of rotatable bonds is 9. The van der Waals surface area contributed by atoms with Gasteiger partial charge in [-0.15, -0.1) is 0 Å². The van der Waals surface area contributed by atoms with Gasteiger partial charge in [0.25, 0.3) is 0 Å². The zero-order chi connectivity index (χ0) is 31.4. The fourth-order valence-corrected chi connectivity index (χ4v) is 6.87. The molecule has 2 saturated heterocycles. The Morgan fingerprint density at radius 1 is 1.20 bits per heavy atom. The molecular weight excluding hydrogens is 570 g/mol. The number of nitrogens with zero attached hydrogens (tertiary/aromatic N) is 7. The number of aromatic nitrogens is 2. The molecule has 1 aromatic carbocycles. The SMILES string of the molecule is COC(=O)C1(Cc2nc(OCC3CCCN3C)nc(N3CCN(C(=O)O)[C@@H](CC#N)C3)c2[N+](=O)[O-])CCCc2ccccc21. The summed E-state index contributed by atoms with van der Waals surface area (Å²) in [7, 11) is 3.32. The molecule has 234 valence electrons. The van der Waals surface area contributed by atoms with Crippen LogP contribution in [0, 0.1) is 21.4 Å². The third-order valence-corrected chi connectivity index (χ3v) is 9.16. The molecule has 0 radical (unpaired) electrons. The maximum absolute atomic E-state index is 13.6. The van der Waals surface area contributed by atoms with Crippen molar-refractivity contribution in [1.29, 1.82) is 5.26 Å². The van der Waals surface area contributed by atoms with Gasteiger partial charge in [0, 0.05) is 32.1 Å². The van der Waals surface area contributed by atoms with Crippen molar-refractivity contribution in [2.75, 3.05) is 51.8 Å². The van der Waals surface area contributed by atoms with Crippen LogP contribution in [0.3, 0.4) is 0 Å². The zero-order valence-electron chi connectivity index (χ0n) is 25.0. The second-order valence-electron chi connectivity index (χ2n) is 11.7. The summed E-state index contributed by atoms with van der Waals surface area (Å²) in [4.78, 5) is 51.7. The van der Waals surface area contributed by atoms with Crippen LogP contribution < -0.4 is 9.64 Å². The smallest absolute Gasteiger partial charge is 0.407 e. The van der Waals surface area contributed by atoms with Gasteiger partial charge in [-0.2, -0.15) is 15.2 Å². The zero-order valence-corrected chi connectivity index (χ0v) is 25.0. The molecule has 0 spiro atoms. The number of carbonyl (C=O) groups is 2. The van der Waals surface area contributed by atoms with E-state index in [1.54, 1.807) is 4.90 Å². The Hall–Kier alpha value is -4.51. The molecule has 1 N–H and O–H groups in total. The lowest BCUT2D eigenvalue weighted by atomic mass is 9.67. The molecule has 2 unspecified atom stereocenters. The van der Waals surface area contributed by atoms with Gasteiger partial charge in [0.2, 0.25) is 5.82 Å². The molecule has 1 amide bonds. The predicted octanol–water partition coefficient (Wildman–Crippen LogP) is 2.93. The average Bonchev–Trinajstić information content (AvgIpc) is 3.43. The van der Waals surface area contributed by atoms with Crippen LogP contribution in [0.2, 0.25) is 0 Å². The van der Waals surface area contributed by atoms with Crippen LogP contribution in [0.5, 0.6) is 6.01 Å². The van der Waals surface area contributed by atoms with E-state index in [2.05, 4.69) is 14.9 Å². The van der Waals surface area contributed by atoms with Crippen molar-refractivity contribution in [3.8, 4) is 12.1 Å². The molecular formula is C30H37N7O7. The second-order valence-corrected chi connectivity index (χ2v) is 11.7. The first-order valence-corrected chi connectivity index (χ1v) is 14.8. The van der Waals surface area contributed by atoms with E-state index in [9.17, 15) is 30.1 Å². The third-order valence-electron chi connectivity index (χ3n) is 9.16. The largest absolute Gasteiger partial charge is 0.468 e. The number of carboxylic acid groups (broad SMARTS) is 1. The van der Waals surface area contributed by atoms with Crippen molar-refractivity contribution < 1.29 is 29.1 Å². The molecule has 2 aliphatic heterocycles. The Balaban J connectivity index is 1.61. The summed E-state index contributed by atoms with van der Waals surface area (Å²) in [5.41, 5.74) is 0.183. The van der Waals surface area contributed by atoms with Crippen LogP contribution in [-0.4, -0.2) is 101 Å². The molecule has 3 atom stereocenters. The number of methoxy groups -OCH3 is 1. The first kappa shape index (κ1) is 30.9. The Morgan fingerprint density at radius 3 is 2.68 bits per heavy atom. The number of likely N-dealkylation sites (N-methyl/N-ethyl adjacent to an activating group) is 1. The second kappa shape index (κ2) is 13.0. The summed E-state index contributed by atoms with van der Waals surface area (Å²) in [5.74, 6) is -0.523. The van der Waals surface area contributed by atoms with Gasteiger partial charge in [0.05, 0.1) is 36.0 Å². The molecule has 14 heteroatoms. The molecule has 0 saturated carbocycles. The number of anilines is 1. The minimum absolute atomic E-state index is 0.0208. The number of hydrogen-bond donors (Lipinski definition) is 1. The van der Waals surface area contributed by atoms with Crippen LogP contribution in [0.4, 0.5) is 16.3 Å². The van der Waals surface area contributed by atoms with E-state index in [0.29, 0.717) is 12.8 Å². The number of amides is 1. The minimum atomic E-state index is -1.21. The molecule has 5 rings (SSSR count). The monoisotopic (exact) mass is 607 g/mol. The summed E-state index contributed by atoms with van der Waals surface area (Å²) < 4.78 is 11.4. The number of piperazine rings is 1. The van der Waals surface area contributed by atoms with Crippen molar-refractivity contribution in [1.82, 2.24) is 19.8 Å². The molecule has 3 aliphatic rings. The number of aryl methyl sites for hydroxylation is 1. The van der Waals surface area contributed by atoms with E-state index >= 15 is 0 Å². The summed E-state index contributed by atoms with van der Waals surface area (Å²) >= 11 is 0. The van der Waals surface area contributed by atoms with Crippen molar-refractivity contribution in [2.24, 2.45) is 0 Å². The maximum atomic E-state index is 13.6. The van der Waals surface area contributed by atoms with Gasteiger partial charge in [0.1, 0.15) is 12.3 Å². The number of benzene rings is 1. The summed E-state index contributed by atoms with van der Waals surface area (Å²) in [6.07, 6.45) is 2.45. The van der Waals surface area contributed by atoms with Crippen molar-refractivity contribution in [2.45, 2.75) is 62.4 Å². The van der Waals surface area contributed by atoms with Crippen molar-refractivity contribution in [3.05, 3.63) is 51.2 Å². The molecule has 2 aromatic rings. The number of ether oxygens (including phenoxy) is 2. The first-order valence-electron chi connectivity index (χ1n) is 14.8. The Bertz CT molecular complexity index is 1460. The number of nitriles is 1. The van der Waals surface area contributed by atoms with Crippen LogP contribution in [-0.2, 0) is 27.8 Å². The Morgan fingerprint density at radius 2 is 2.00 bits per heavy atom. The lowest BCUT2D eigenvalue weighted by Crippen LogP contribution is -2.55. The van der Waals surface area contributed by atoms with Crippen LogP contribution >= 0.6 is 0 Å². The number of esters is 1. The molecule has 0 bridgehead atoms. The topological polar surface area (TPSA) is 175 Å². The number of carbonyl (C=O) groups excluding carboxylic acids is 1. The van der Waals surface area contributed by atoms with Crippen LogP contribution in [0.25, 0.3) is 0 Å². The normalized spacial score (nSPS) is 23.5. The van der Waals surface area contributed by atoms with Crippen molar-refractivity contribution in [3.63, 3.8) is 0 Å². The maximum Gasteiger partial charge on any atom is 0.407 e. The predicted molar refractivity (Wildman–Crippen MR) is 158 cm³/mol. The van der Waals surface area contributed by atoms with E-state index in [1.165, 1.54) is 12.0 Å². The van der Waals surface area contributed by atoms with E-state index in [-0.39, 0.29) is 68.3 Å². The summed E-state index contributed by atoms with van der Waals surface area (Å²) in [5, 5.41) is 31.9. The molecule has 44 heavy (non-hydrogen) atoms. The van der Waals surface area contributed by atoms with E-state index in [4.69, 9.17) is 9.47 Å². The van der Waals surface area contributed by atoms with Crippen LogP contribution in [0.15, 0.2) is 24.3 Å². The minimum Gasteiger partial charge on any atom is -0.468 e. The highest BCUT2D eigenvalue weighted by molar-refractivity contribution is 5.85. The molecule has 1 aromatic heterocycles. The van der Waals surface area contributed by atoms with E-state index in [1.807, 2.05) is 37.4 Å². The van der Waals surface area contributed by atoms with E-state index < -0.39 is 28.4 Å². The fraction of sp³-hybridized carbons (Fsp3) is 0.567.